The zero-order valence-corrected chi connectivity index (χ0v) is 15.9. The number of methoxy groups -OCH3 is 1. The number of carbonyl (C=O) groups is 1. The maximum absolute atomic E-state index is 12.5. The van der Waals surface area contributed by atoms with Crippen LogP contribution in [-0.2, 0) is 11.3 Å². The summed E-state index contributed by atoms with van der Waals surface area (Å²) >= 11 is 1.75. The van der Waals surface area contributed by atoms with Gasteiger partial charge in [0.05, 0.1) is 6.61 Å². The molecule has 26 heavy (non-hydrogen) atoms. The topological polar surface area (TPSA) is 58.8 Å². The number of piperidine rings is 1. The van der Waals surface area contributed by atoms with E-state index in [0.717, 1.165) is 52.2 Å². The van der Waals surface area contributed by atoms with Gasteiger partial charge in [-0.3, -0.25) is 9.69 Å². The first-order chi connectivity index (χ1) is 12.7. The van der Waals surface area contributed by atoms with E-state index in [1.165, 1.54) is 18.2 Å². The Morgan fingerprint density at radius 3 is 2.96 bits per heavy atom. The highest BCUT2D eigenvalue weighted by molar-refractivity contribution is 7.07. The molecule has 1 spiro atoms. The summed E-state index contributed by atoms with van der Waals surface area (Å²) in [6, 6.07) is 2.21. The van der Waals surface area contributed by atoms with Crippen LogP contribution in [0.15, 0.2) is 33.9 Å². The Kier molecular flexibility index (Phi) is 5.11. The van der Waals surface area contributed by atoms with Crippen LogP contribution in [-0.4, -0.2) is 60.6 Å². The van der Waals surface area contributed by atoms with E-state index in [2.05, 4.69) is 26.7 Å². The van der Waals surface area contributed by atoms with E-state index in [9.17, 15) is 4.79 Å². The standard InChI is InChI=1S/C19H25N3O3S/c1-24-10-16-9-21(8-15-2-7-26-12-15)13-19(16)3-5-22(6-4-19)18(23)17-11-25-14-20-17/h2,7,11-12,14,16H,3-6,8-10,13H2,1H3/t16-/m0/s1. The highest BCUT2D eigenvalue weighted by Crippen LogP contribution is 2.45. The van der Waals surface area contributed by atoms with Crippen molar-refractivity contribution in [2.45, 2.75) is 19.4 Å². The molecule has 0 saturated carbocycles. The van der Waals surface area contributed by atoms with E-state index < -0.39 is 0 Å². The first-order valence-corrected chi connectivity index (χ1v) is 10.0. The molecular weight excluding hydrogens is 350 g/mol. The lowest BCUT2D eigenvalue weighted by Gasteiger charge is -2.42. The van der Waals surface area contributed by atoms with Gasteiger partial charge in [0.2, 0.25) is 0 Å². The number of amides is 1. The number of rotatable bonds is 5. The normalized spacial score (nSPS) is 23.0. The minimum absolute atomic E-state index is 0.0231. The van der Waals surface area contributed by atoms with Crippen LogP contribution >= 0.6 is 11.3 Å². The molecule has 0 unspecified atom stereocenters. The van der Waals surface area contributed by atoms with Gasteiger partial charge in [-0.2, -0.15) is 11.3 Å². The van der Waals surface area contributed by atoms with Gasteiger partial charge >= 0.3 is 0 Å². The van der Waals surface area contributed by atoms with Crippen LogP contribution in [0.25, 0.3) is 0 Å². The molecule has 2 saturated heterocycles. The fraction of sp³-hybridized carbons (Fsp3) is 0.579. The fourth-order valence-electron chi connectivity index (χ4n) is 4.54. The number of nitrogens with zero attached hydrogens (tertiary/aromatic N) is 3. The summed E-state index contributed by atoms with van der Waals surface area (Å²) in [7, 11) is 1.79. The zero-order valence-electron chi connectivity index (χ0n) is 15.1. The average molecular weight is 375 g/mol. The second-order valence-corrected chi connectivity index (χ2v) is 8.26. The largest absolute Gasteiger partial charge is 0.451 e. The lowest BCUT2D eigenvalue weighted by atomic mass is 9.71. The van der Waals surface area contributed by atoms with Gasteiger partial charge in [-0.05, 0) is 40.6 Å². The van der Waals surface area contributed by atoms with Gasteiger partial charge in [0.1, 0.15) is 6.26 Å². The van der Waals surface area contributed by atoms with E-state index in [0.29, 0.717) is 11.6 Å². The number of hydrogen-bond donors (Lipinski definition) is 0. The molecule has 0 bridgehead atoms. The Bertz CT molecular complexity index is 708. The van der Waals surface area contributed by atoms with E-state index in [1.54, 1.807) is 18.4 Å². The van der Waals surface area contributed by atoms with Crippen LogP contribution in [0.5, 0.6) is 0 Å². The van der Waals surface area contributed by atoms with Crippen LogP contribution < -0.4 is 0 Å². The molecular formula is C19H25N3O3S. The van der Waals surface area contributed by atoms with Crippen molar-refractivity contribution in [3.8, 4) is 0 Å². The molecule has 1 atom stereocenters. The van der Waals surface area contributed by atoms with Crippen LogP contribution in [0.4, 0.5) is 0 Å². The van der Waals surface area contributed by atoms with E-state index >= 15 is 0 Å². The first kappa shape index (κ1) is 17.7. The molecule has 4 heterocycles. The fourth-order valence-corrected chi connectivity index (χ4v) is 5.20. The van der Waals surface area contributed by atoms with Gasteiger partial charge in [-0.25, -0.2) is 4.98 Å². The molecule has 0 aromatic carbocycles. The number of carbonyl (C=O) groups excluding carboxylic acids is 1. The highest BCUT2D eigenvalue weighted by atomic mass is 32.1. The van der Waals surface area contributed by atoms with Crippen molar-refractivity contribution in [3.63, 3.8) is 0 Å². The summed E-state index contributed by atoms with van der Waals surface area (Å²) in [6.07, 6.45) is 4.78. The quantitative estimate of drug-likeness (QED) is 0.804. The van der Waals surface area contributed by atoms with Gasteiger partial charge in [0, 0.05) is 45.8 Å². The minimum atomic E-state index is -0.0231. The summed E-state index contributed by atoms with van der Waals surface area (Å²) < 4.78 is 10.5. The Morgan fingerprint density at radius 1 is 1.46 bits per heavy atom. The molecule has 2 aliphatic heterocycles. The molecule has 2 fully saturated rings. The predicted molar refractivity (Wildman–Crippen MR) is 99.0 cm³/mol. The first-order valence-electron chi connectivity index (χ1n) is 9.10. The lowest BCUT2D eigenvalue weighted by Crippen LogP contribution is -2.47. The Hall–Kier alpha value is -1.70. The van der Waals surface area contributed by atoms with Crippen LogP contribution in [0.1, 0.15) is 28.9 Å². The van der Waals surface area contributed by atoms with Gasteiger partial charge < -0.3 is 14.1 Å². The summed E-state index contributed by atoms with van der Waals surface area (Å²) in [6.45, 7) is 5.50. The molecule has 7 heteroatoms. The van der Waals surface area contributed by atoms with Crippen LogP contribution in [0.3, 0.4) is 0 Å². The molecule has 2 aromatic heterocycles. The third-order valence-corrected chi connectivity index (χ3v) is 6.67. The number of ether oxygens (including phenoxy) is 1. The van der Waals surface area contributed by atoms with Crippen molar-refractivity contribution in [3.05, 3.63) is 40.7 Å². The second-order valence-electron chi connectivity index (χ2n) is 7.48. The SMILES string of the molecule is COC[C@@H]1CN(Cc2ccsc2)CC12CCN(C(=O)c1cocn1)CC2. The van der Waals surface area contributed by atoms with Crippen molar-refractivity contribution in [1.82, 2.24) is 14.8 Å². The van der Waals surface area contributed by atoms with Crippen molar-refractivity contribution in [2.24, 2.45) is 11.3 Å². The van der Waals surface area contributed by atoms with Crippen LogP contribution in [0, 0.1) is 11.3 Å². The smallest absolute Gasteiger partial charge is 0.275 e. The van der Waals surface area contributed by atoms with Gasteiger partial charge in [-0.15, -0.1) is 0 Å². The predicted octanol–water partition coefficient (Wildman–Crippen LogP) is 2.74. The Labute approximate surface area is 157 Å². The zero-order chi connectivity index (χ0) is 18.0. The summed E-state index contributed by atoms with van der Waals surface area (Å²) in [4.78, 5) is 21.0. The average Bonchev–Trinajstić information content (AvgIpc) is 3.39. The highest BCUT2D eigenvalue weighted by Gasteiger charge is 2.48. The van der Waals surface area contributed by atoms with Crippen molar-refractivity contribution in [2.75, 3.05) is 39.9 Å². The van der Waals surface area contributed by atoms with Crippen molar-refractivity contribution >= 4 is 17.2 Å². The lowest BCUT2D eigenvalue weighted by molar-refractivity contribution is 0.0319. The Morgan fingerprint density at radius 2 is 2.31 bits per heavy atom. The third-order valence-electron chi connectivity index (χ3n) is 5.94. The summed E-state index contributed by atoms with van der Waals surface area (Å²) in [5, 5.41) is 4.37. The monoisotopic (exact) mass is 375 g/mol. The number of oxazole rings is 1. The molecule has 4 rings (SSSR count). The molecule has 0 aliphatic carbocycles. The maximum atomic E-state index is 12.5. The van der Waals surface area contributed by atoms with Crippen LogP contribution in [0.2, 0.25) is 0 Å². The van der Waals surface area contributed by atoms with E-state index in [-0.39, 0.29) is 11.3 Å². The summed E-state index contributed by atoms with van der Waals surface area (Å²) in [5.41, 5.74) is 2.04. The summed E-state index contributed by atoms with van der Waals surface area (Å²) in [5.74, 6) is 0.500. The Balaban J connectivity index is 1.42. The van der Waals surface area contributed by atoms with E-state index in [1.807, 2.05) is 4.90 Å². The number of thiophene rings is 1. The second kappa shape index (κ2) is 7.50. The van der Waals surface area contributed by atoms with E-state index in [4.69, 9.17) is 9.15 Å². The van der Waals surface area contributed by atoms with Gasteiger partial charge in [0.25, 0.3) is 5.91 Å². The maximum Gasteiger partial charge on any atom is 0.275 e. The molecule has 0 radical (unpaired) electrons. The molecule has 0 N–H and O–H groups in total. The number of hydrogen-bond acceptors (Lipinski definition) is 6. The third kappa shape index (κ3) is 3.43. The van der Waals surface area contributed by atoms with Gasteiger partial charge in [0.15, 0.2) is 12.1 Å². The number of likely N-dealkylation sites (tertiary alicyclic amines) is 2. The van der Waals surface area contributed by atoms with Crippen molar-refractivity contribution < 1.29 is 13.9 Å². The molecule has 2 aromatic rings. The number of aromatic nitrogens is 1. The molecule has 140 valence electrons. The van der Waals surface area contributed by atoms with Crippen molar-refractivity contribution in [1.29, 1.82) is 0 Å². The minimum Gasteiger partial charge on any atom is -0.451 e. The molecule has 2 aliphatic rings. The van der Waals surface area contributed by atoms with Gasteiger partial charge in [-0.1, -0.05) is 0 Å². The molecule has 6 nitrogen and oxygen atoms in total. The molecule has 1 amide bonds.